The molecule has 0 saturated heterocycles. The molecule has 180 valence electrons. The van der Waals surface area contributed by atoms with Crippen molar-refractivity contribution in [1.29, 1.82) is 0 Å². The van der Waals surface area contributed by atoms with E-state index in [-0.39, 0.29) is 24.8 Å². The van der Waals surface area contributed by atoms with Gasteiger partial charge >= 0.3 is 18.0 Å². The molecule has 0 spiro atoms. The van der Waals surface area contributed by atoms with Crippen molar-refractivity contribution in [3.05, 3.63) is 11.9 Å². The van der Waals surface area contributed by atoms with Crippen molar-refractivity contribution in [3.63, 3.8) is 0 Å². The summed E-state index contributed by atoms with van der Waals surface area (Å²) in [6.07, 6.45) is 0.725. The van der Waals surface area contributed by atoms with Gasteiger partial charge in [0.05, 0.1) is 50.9 Å². The molecule has 2 atom stereocenters. The Labute approximate surface area is 187 Å². The number of fused-ring (bicyclic) bond motifs is 1. The van der Waals surface area contributed by atoms with Gasteiger partial charge in [0, 0.05) is 0 Å². The van der Waals surface area contributed by atoms with Crippen LogP contribution in [0.5, 0.6) is 0 Å². The van der Waals surface area contributed by atoms with Gasteiger partial charge in [0.15, 0.2) is 5.75 Å². The summed E-state index contributed by atoms with van der Waals surface area (Å²) in [5.41, 5.74) is -0.280. The second-order valence-electron chi connectivity index (χ2n) is 8.44. The number of nitrogens with zero attached hydrogens (tertiary/aromatic N) is 4. The summed E-state index contributed by atoms with van der Waals surface area (Å²) in [6, 6.07) is -1.57. The van der Waals surface area contributed by atoms with Crippen LogP contribution in [-0.4, -0.2) is 78.8 Å². The maximum Gasteiger partial charge on any atom is 0.410 e. The molecule has 13 heteroatoms. The molecular weight excluding hydrogens is 444 g/mol. The van der Waals surface area contributed by atoms with Crippen LogP contribution in [0.15, 0.2) is 6.20 Å². The van der Waals surface area contributed by atoms with Crippen molar-refractivity contribution >= 4 is 33.7 Å². The molecule has 0 aliphatic carbocycles. The third-order valence-electron chi connectivity index (χ3n) is 4.80. The molecule has 1 aliphatic rings. The second-order valence-corrected chi connectivity index (χ2v) is 10.3. The fourth-order valence-electron chi connectivity index (χ4n) is 3.28. The number of hydrogen-bond acceptors (Lipinski definition) is 9. The fourth-order valence-corrected chi connectivity index (χ4v) is 4.85. The van der Waals surface area contributed by atoms with Crippen LogP contribution in [0.4, 0.5) is 10.5 Å². The molecule has 0 bridgehead atoms. The first-order valence-corrected chi connectivity index (χ1v) is 11.5. The lowest BCUT2D eigenvalue weighted by Gasteiger charge is -2.36. The summed E-state index contributed by atoms with van der Waals surface area (Å²) >= 11 is 0. The van der Waals surface area contributed by atoms with E-state index in [0.717, 1.165) is 18.5 Å². The lowest BCUT2D eigenvalue weighted by Crippen LogP contribution is -2.49. The fraction of sp³-hybridized carbons (Fsp3) is 0.684. The minimum Gasteiger partial charge on any atom is -0.468 e. The van der Waals surface area contributed by atoms with Crippen molar-refractivity contribution in [1.82, 2.24) is 14.7 Å². The maximum absolute atomic E-state index is 13.1. The minimum absolute atomic E-state index is 0.0104. The number of anilines is 1. The molecule has 0 fully saturated rings. The number of aromatic nitrogens is 2. The van der Waals surface area contributed by atoms with Gasteiger partial charge in [-0.3, -0.25) is 18.7 Å². The molecule has 1 aromatic heterocycles. The Morgan fingerprint density at radius 3 is 2.41 bits per heavy atom. The third kappa shape index (κ3) is 5.50. The van der Waals surface area contributed by atoms with Crippen LogP contribution >= 0.6 is 0 Å². The van der Waals surface area contributed by atoms with Crippen LogP contribution in [0.1, 0.15) is 40.3 Å². The zero-order valence-electron chi connectivity index (χ0n) is 19.3. The summed E-state index contributed by atoms with van der Waals surface area (Å²) in [6.45, 7) is 8.66. The first kappa shape index (κ1) is 25.4. The number of ether oxygens (including phenoxy) is 3. The van der Waals surface area contributed by atoms with E-state index in [1.807, 2.05) is 6.92 Å². The van der Waals surface area contributed by atoms with Gasteiger partial charge in [-0.2, -0.15) is 5.10 Å². The Morgan fingerprint density at radius 1 is 1.25 bits per heavy atom. The molecule has 12 nitrogen and oxygen atoms in total. The SMILES string of the molecule is COC(=O)CS(=O)(=O)N(c1cnn2c1CN(C(=O)OC(C)(C)C)[C@@H](C)C2)C(C)C(=O)OC. The molecule has 2 heterocycles. The highest BCUT2D eigenvalue weighted by molar-refractivity contribution is 7.93. The van der Waals surface area contributed by atoms with Gasteiger partial charge in [0.2, 0.25) is 10.0 Å². The van der Waals surface area contributed by atoms with Crippen molar-refractivity contribution in [2.75, 3.05) is 24.3 Å². The third-order valence-corrected chi connectivity index (χ3v) is 6.52. The topological polar surface area (TPSA) is 137 Å². The van der Waals surface area contributed by atoms with Crippen LogP contribution in [0.3, 0.4) is 0 Å². The Kier molecular flexibility index (Phi) is 7.43. The normalized spacial score (nSPS) is 17.2. The minimum atomic E-state index is -4.35. The molecule has 1 aliphatic heterocycles. The summed E-state index contributed by atoms with van der Waals surface area (Å²) in [7, 11) is -2.16. The summed E-state index contributed by atoms with van der Waals surface area (Å²) < 4.78 is 43.2. The summed E-state index contributed by atoms with van der Waals surface area (Å²) in [5, 5.41) is 4.24. The summed E-state index contributed by atoms with van der Waals surface area (Å²) in [5.74, 6) is -2.80. The highest BCUT2D eigenvalue weighted by Crippen LogP contribution is 2.31. The van der Waals surface area contributed by atoms with Gasteiger partial charge in [-0.1, -0.05) is 0 Å². The molecule has 0 radical (unpaired) electrons. The second kappa shape index (κ2) is 9.35. The molecular formula is C19H30N4O8S. The van der Waals surface area contributed by atoms with E-state index in [4.69, 9.17) is 9.47 Å². The number of sulfonamides is 1. The van der Waals surface area contributed by atoms with Gasteiger partial charge in [0.25, 0.3) is 0 Å². The number of amides is 1. The molecule has 1 unspecified atom stereocenters. The Hall–Kier alpha value is -2.83. The lowest BCUT2D eigenvalue weighted by atomic mass is 10.1. The van der Waals surface area contributed by atoms with Crippen LogP contribution < -0.4 is 4.31 Å². The number of methoxy groups -OCH3 is 2. The molecule has 0 aromatic carbocycles. The number of rotatable bonds is 6. The zero-order valence-corrected chi connectivity index (χ0v) is 20.1. The molecule has 2 rings (SSSR count). The largest absolute Gasteiger partial charge is 0.468 e. The Balaban J connectivity index is 2.52. The van der Waals surface area contributed by atoms with E-state index < -0.39 is 45.5 Å². The average Bonchev–Trinajstić information content (AvgIpc) is 3.06. The lowest BCUT2D eigenvalue weighted by molar-refractivity contribution is -0.141. The van der Waals surface area contributed by atoms with Crippen molar-refractivity contribution in [2.45, 2.75) is 65.4 Å². The highest BCUT2D eigenvalue weighted by atomic mass is 32.2. The van der Waals surface area contributed by atoms with Gasteiger partial charge in [-0.25, -0.2) is 18.0 Å². The predicted molar refractivity (Wildman–Crippen MR) is 113 cm³/mol. The number of carbonyl (C=O) groups is 3. The van der Waals surface area contributed by atoms with Gasteiger partial charge in [0.1, 0.15) is 11.6 Å². The maximum atomic E-state index is 13.1. The van der Waals surface area contributed by atoms with E-state index in [1.54, 1.807) is 25.5 Å². The summed E-state index contributed by atoms with van der Waals surface area (Å²) in [4.78, 5) is 38.2. The molecule has 1 aromatic rings. The van der Waals surface area contributed by atoms with Crippen molar-refractivity contribution in [3.8, 4) is 0 Å². The molecule has 32 heavy (non-hydrogen) atoms. The van der Waals surface area contributed by atoms with Gasteiger partial charge < -0.3 is 14.2 Å². The monoisotopic (exact) mass is 474 g/mol. The van der Waals surface area contributed by atoms with Crippen LogP contribution in [0, 0.1) is 0 Å². The first-order chi connectivity index (χ1) is 14.7. The predicted octanol–water partition coefficient (Wildman–Crippen LogP) is 0.893. The van der Waals surface area contributed by atoms with Crippen molar-refractivity contribution < 1.29 is 37.0 Å². The van der Waals surface area contributed by atoms with E-state index >= 15 is 0 Å². The van der Waals surface area contributed by atoms with E-state index in [9.17, 15) is 22.8 Å². The number of hydrogen-bond donors (Lipinski definition) is 0. The Morgan fingerprint density at radius 2 is 1.88 bits per heavy atom. The Bertz CT molecular complexity index is 982. The first-order valence-electron chi connectivity index (χ1n) is 9.93. The molecule has 0 N–H and O–H groups in total. The smallest absolute Gasteiger partial charge is 0.410 e. The molecule has 1 amide bonds. The van der Waals surface area contributed by atoms with Gasteiger partial charge in [-0.05, 0) is 34.6 Å². The van der Waals surface area contributed by atoms with Crippen LogP contribution in [0.25, 0.3) is 0 Å². The standard InChI is InChI=1S/C19H30N4O8S/c1-12-9-22-15(10-21(12)18(26)31-19(3,4)5)14(8-20-22)23(13(2)17(25)30-7)32(27,28)11-16(24)29-6/h8,12-13H,9-11H2,1-7H3/t12-,13?/m0/s1. The van der Waals surface area contributed by atoms with E-state index in [1.165, 1.54) is 18.0 Å². The number of carbonyl (C=O) groups excluding carboxylic acids is 3. The highest BCUT2D eigenvalue weighted by Gasteiger charge is 2.40. The number of esters is 2. The average molecular weight is 475 g/mol. The van der Waals surface area contributed by atoms with Crippen LogP contribution in [0.2, 0.25) is 0 Å². The molecule has 0 saturated carbocycles. The quantitative estimate of drug-likeness (QED) is 0.435. The van der Waals surface area contributed by atoms with Crippen LogP contribution in [-0.2, 0) is 46.9 Å². The van der Waals surface area contributed by atoms with E-state index in [2.05, 4.69) is 9.84 Å². The van der Waals surface area contributed by atoms with Crippen molar-refractivity contribution in [2.24, 2.45) is 0 Å². The zero-order chi connectivity index (χ0) is 24.4. The van der Waals surface area contributed by atoms with Gasteiger partial charge in [-0.15, -0.1) is 0 Å². The van der Waals surface area contributed by atoms with E-state index in [0.29, 0.717) is 5.69 Å².